The fourth-order valence-electron chi connectivity index (χ4n) is 1.29. The fraction of sp³-hybridized carbons (Fsp3) is 0. The van der Waals surface area contributed by atoms with Crippen LogP contribution in [0.3, 0.4) is 0 Å². The van der Waals surface area contributed by atoms with Gasteiger partial charge in [-0.2, -0.15) is 0 Å². The van der Waals surface area contributed by atoms with Gasteiger partial charge in [-0.3, -0.25) is 0 Å². The van der Waals surface area contributed by atoms with Crippen molar-refractivity contribution in [2.45, 2.75) is 0 Å². The zero-order chi connectivity index (χ0) is 10.3. The predicted octanol–water partition coefficient (Wildman–Crippen LogP) is 0.426. The first-order chi connectivity index (χ1) is 6.61. The second kappa shape index (κ2) is 3.23. The smallest absolute Gasteiger partial charge is 0.491 e. The van der Waals surface area contributed by atoms with Crippen LogP contribution in [-0.2, 0) is 0 Å². The first kappa shape index (κ1) is 9.45. The molecule has 0 aliphatic heterocycles. The molecule has 0 aliphatic carbocycles. The number of benzene rings is 1. The highest BCUT2D eigenvalue weighted by atomic mass is 32.1. The molecule has 0 saturated carbocycles. The molecule has 6 heteroatoms. The van der Waals surface area contributed by atoms with E-state index in [9.17, 15) is 9.50 Å². The quantitative estimate of drug-likeness (QED) is 0.600. The van der Waals surface area contributed by atoms with E-state index in [1.807, 2.05) is 0 Å². The molecule has 0 unspecified atom stereocenters. The minimum atomic E-state index is -1.86. The molecule has 0 fully saturated rings. The number of fused-ring (bicyclic) bond motifs is 1. The van der Waals surface area contributed by atoms with Gasteiger partial charge in [0.05, 0.1) is 5.39 Å². The molecule has 3 nitrogen and oxygen atoms in total. The molecule has 1 heterocycles. The average Bonchev–Trinajstić information content (AvgIpc) is 2.48. The Morgan fingerprint density at radius 2 is 2.00 bits per heavy atom. The van der Waals surface area contributed by atoms with Gasteiger partial charge in [-0.05, 0) is 6.07 Å². The summed E-state index contributed by atoms with van der Waals surface area (Å²) in [5.41, 5.74) is -0.230. The summed E-state index contributed by atoms with van der Waals surface area (Å²) in [5.74, 6) is -0.957. The minimum absolute atomic E-state index is 0.0422. The van der Waals surface area contributed by atoms with Gasteiger partial charge in [-0.15, -0.1) is 11.3 Å². The predicted molar refractivity (Wildman–Crippen MR) is 53.3 cm³/mol. The van der Waals surface area contributed by atoms with Gasteiger partial charge in [-0.1, -0.05) is 6.07 Å². The molecule has 0 saturated heterocycles. The van der Waals surface area contributed by atoms with Crippen molar-refractivity contribution in [2.24, 2.45) is 0 Å². The Morgan fingerprint density at radius 3 is 2.64 bits per heavy atom. The lowest BCUT2D eigenvalue weighted by molar-refractivity contribution is 0.423. The molecule has 2 aromatic rings. The van der Waals surface area contributed by atoms with Gasteiger partial charge in [-0.25, -0.2) is 4.39 Å². The zero-order valence-corrected chi connectivity index (χ0v) is 7.75. The Bertz CT molecular complexity index is 483. The third-order valence-electron chi connectivity index (χ3n) is 1.97. The lowest BCUT2D eigenvalue weighted by Gasteiger charge is -2.02. The number of hydrogen-bond acceptors (Lipinski definition) is 4. The van der Waals surface area contributed by atoms with E-state index >= 15 is 0 Å². The van der Waals surface area contributed by atoms with Crippen LogP contribution in [0.2, 0.25) is 0 Å². The van der Waals surface area contributed by atoms with Crippen LogP contribution in [0.1, 0.15) is 0 Å². The number of thiophene rings is 1. The molecule has 0 radical (unpaired) electrons. The number of aromatic hydroxyl groups is 1. The van der Waals surface area contributed by atoms with E-state index in [2.05, 4.69) is 0 Å². The van der Waals surface area contributed by atoms with Crippen molar-refractivity contribution >= 4 is 34.0 Å². The van der Waals surface area contributed by atoms with Crippen LogP contribution in [0.5, 0.6) is 5.75 Å². The van der Waals surface area contributed by atoms with Crippen LogP contribution in [0.25, 0.3) is 10.1 Å². The zero-order valence-electron chi connectivity index (χ0n) is 6.94. The van der Waals surface area contributed by atoms with E-state index in [0.29, 0.717) is 4.70 Å². The van der Waals surface area contributed by atoms with Crippen LogP contribution in [0.4, 0.5) is 4.39 Å². The summed E-state index contributed by atoms with van der Waals surface area (Å²) in [6.45, 7) is 0. The number of rotatable bonds is 1. The van der Waals surface area contributed by atoms with Gasteiger partial charge in [0.1, 0.15) is 11.6 Å². The van der Waals surface area contributed by atoms with Crippen LogP contribution >= 0.6 is 11.3 Å². The van der Waals surface area contributed by atoms with E-state index in [-0.39, 0.29) is 16.6 Å². The van der Waals surface area contributed by atoms with Gasteiger partial charge < -0.3 is 15.2 Å². The summed E-state index contributed by atoms with van der Waals surface area (Å²) in [5, 5.41) is 28.4. The highest BCUT2D eigenvalue weighted by Gasteiger charge is 2.20. The first-order valence-corrected chi connectivity index (χ1v) is 4.74. The summed E-state index contributed by atoms with van der Waals surface area (Å²) in [4.78, 5) is 0. The maximum atomic E-state index is 13.5. The minimum Gasteiger partial charge on any atom is -0.506 e. The molecule has 0 spiro atoms. The SMILES string of the molecule is OB(O)c1ccc2scc(O)c2c1F. The molecule has 0 bridgehead atoms. The fourth-order valence-corrected chi connectivity index (χ4v) is 2.10. The van der Waals surface area contributed by atoms with Crippen molar-refractivity contribution in [3.8, 4) is 5.75 Å². The molecule has 1 aromatic heterocycles. The Balaban J connectivity index is 2.79. The van der Waals surface area contributed by atoms with Gasteiger partial charge in [0, 0.05) is 15.5 Å². The van der Waals surface area contributed by atoms with Gasteiger partial charge in [0.25, 0.3) is 0 Å². The lowest BCUT2D eigenvalue weighted by atomic mass is 9.79. The Hall–Kier alpha value is -1.11. The molecular formula is C8H6BFO3S. The van der Waals surface area contributed by atoms with E-state index in [1.165, 1.54) is 28.8 Å². The third kappa shape index (κ3) is 1.28. The monoisotopic (exact) mass is 212 g/mol. The number of halogens is 1. The van der Waals surface area contributed by atoms with E-state index in [1.54, 1.807) is 0 Å². The highest BCUT2D eigenvalue weighted by Crippen LogP contribution is 2.32. The molecule has 14 heavy (non-hydrogen) atoms. The molecule has 0 atom stereocenters. The normalized spacial score (nSPS) is 10.8. The highest BCUT2D eigenvalue weighted by molar-refractivity contribution is 7.17. The van der Waals surface area contributed by atoms with Crippen LogP contribution in [0, 0.1) is 5.82 Å². The Labute approximate surface area is 83.2 Å². The molecule has 3 N–H and O–H groups in total. The summed E-state index contributed by atoms with van der Waals surface area (Å²) >= 11 is 1.20. The van der Waals surface area contributed by atoms with Crippen molar-refractivity contribution < 1.29 is 19.5 Å². The molecule has 0 aliphatic rings. The van der Waals surface area contributed by atoms with E-state index in [0.717, 1.165) is 0 Å². The lowest BCUT2D eigenvalue weighted by Crippen LogP contribution is -2.32. The molecule has 72 valence electrons. The van der Waals surface area contributed by atoms with Crippen LogP contribution < -0.4 is 5.46 Å². The van der Waals surface area contributed by atoms with Crippen molar-refractivity contribution in [3.63, 3.8) is 0 Å². The molecule has 2 rings (SSSR count). The maximum Gasteiger partial charge on any atom is 0.491 e. The van der Waals surface area contributed by atoms with E-state index in [4.69, 9.17) is 10.0 Å². The Morgan fingerprint density at radius 1 is 1.29 bits per heavy atom. The molecule has 0 amide bonds. The standard InChI is InChI=1S/C8H6BFO3S/c10-8-4(9(12)13)1-2-6-7(8)5(11)3-14-6/h1-3,11-13H. The summed E-state index contributed by atoms with van der Waals surface area (Å²) in [7, 11) is -1.86. The largest absolute Gasteiger partial charge is 0.506 e. The van der Waals surface area contributed by atoms with Crippen LogP contribution in [0.15, 0.2) is 17.5 Å². The van der Waals surface area contributed by atoms with E-state index < -0.39 is 12.9 Å². The van der Waals surface area contributed by atoms with Crippen molar-refractivity contribution in [3.05, 3.63) is 23.3 Å². The number of hydrogen-bond donors (Lipinski definition) is 3. The van der Waals surface area contributed by atoms with Gasteiger partial charge in [0.15, 0.2) is 0 Å². The van der Waals surface area contributed by atoms with Crippen molar-refractivity contribution in [2.75, 3.05) is 0 Å². The topological polar surface area (TPSA) is 60.7 Å². The second-order valence-electron chi connectivity index (χ2n) is 2.84. The first-order valence-electron chi connectivity index (χ1n) is 3.86. The summed E-state index contributed by atoms with van der Waals surface area (Å²) in [6, 6.07) is 2.83. The summed E-state index contributed by atoms with van der Waals surface area (Å²) in [6.07, 6.45) is 0. The average molecular weight is 212 g/mol. The summed E-state index contributed by atoms with van der Waals surface area (Å²) < 4.78 is 14.1. The van der Waals surface area contributed by atoms with Crippen molar-refractivity contribution in [1.82, 2.24) is 0 Å². The van der Waals surface area contributed by atoms with Gasteiger partial charge in [0.2, 0.25) is 0 Å². The third-order valence-corrected chi connectivity index (χ3v) is 2.90. The van der Waals surface area contributed by atoms with Crippen molar-refractivity contribution in [1.29, 1.82) is 0 Å². The van der Waals surface area contributed by atoms with Gasteiger partial charge >= 0.3 is 7.12 Å². The molecular weight excluding hydrogens is 206 g/mol. The second-order valence-corrected chi connectivity index (χ2v) is 3.75. The molecule has 1 aromatic carbocycles. The van der Waals surface area contributed by atoms with Crippen LogP contribution in [-0.4, -0.2) is 22.3 Å². The maximum absolute atomic E-state index is 13.5. The Kier molecular flexibility index (Phi) is 2.18.